The lowest BCUT2D eigenvalue weighted by Crippen LogP contribution is -2.40. The highest BCUT2D eigenvalue weighted by Gasteiger charge is 2.47. The molecule has 1 saturated carbocycles. The molecule has 2 N–H and O–H groups in total. The monoisotopic (exact) mass is 453 g/mol. The first-order chi connectivity index (χ1) is 16.1. The quantitative estimate of drug-likeness (QED) is 0.445. The Morgan fingerprint density at radius 1 is 1.15 bits per heavy atom. The van der Waals surface area contributed by atoms with Gasteiger partial charge in [-0.25, -0.2) is 4.98 Å². The molecular weight excluding hydrogens is 430 g/mol. The van der Waals surface area contributed by atoms with Crippen LogP contribution >= 0.6 is 11.3 Å². The van der Waals surface area contributed by atoms with Crippen molar-refractivity contribution >= 4 is 34.2 Å². The van der Waals surface area contributed by atoms with Crippen LogP contribution in [0.5, 0.6) is 0 Å². The molecule has 3 heterocycles. The number of amides is 1. The zero-order valence-electron chi connectivity index (χ0n) is 18.0. The number of para-hydroxylation sites is 2. The zero-order chi connectivity index (χ0) is 22.4. The highest BCUT2D eigenvalue weighted by Crippen LogP contribution is 2.53. The second-order valence-electron chi connectivity index (χ2n) is 9.09. The van der Waals surface area contributed by atoms with Crippen LogP contribution < -0.4 is 10.6 Å². The summed E-state index contributed by atoms with van der Waals surface area (Å²) in [4.78, 5) is 19.6. The Hall–Kier alpha value is -3.47. The number of carbonyl (C=O) groups excluding carboxylic acids is 1. The number of aromatic nitrogens is 2. The summed E-state index contributed by atoms with van der Waals surface area (Å²) in [5.74, 6) is 0.480. The maximum atomic E-state index is 13.2. The Bertz CT molecular complexity index is 1380. The number of benzene rings is 2. The number of nitriles is 1. The van der Waals surface area contributed by atoms with E-state index >= 15 is 0 Å². The molecule has 2 aromatic carbocycles. The summed E-state index contributed by atoms with van der Waals surface area (Å²) in [6.45, 7) is 2.19. The third-order valence-electron chi connectivity index (χ3n) is 6.98. The predicted octanol–water partition coefficient (Wildman–Crippen LogP) is 5.20. The van der Waals surface area contributed by atoms with Crippen LogP contribution in [0, 0.1) is 16.7 Å². The molecule has 1 aliphatic carbocycles. The highest BCUT2D eigenvalue weighted by molar-refractivity contribution is 7.17. The van der Waals surface area contributed by atoms with Crippen LogP contribution in [-0.2, 0) is 0 Å². The van der Waals surface area contributed by atoms with Crippen molar-refractivity contribution in [3.8, 4) is 16.5 Å². The normalized spacial score (nSPS) is 21.7. The Balaban J connectivity index is 1.26. The van der Waals surface area contributed by atoms with Crippen LogP contribution in [0.2, 0.25) is 0 Å². The fourth-order valence-corrected chi connectivity index (χ4v) is 6.16. The van der Waals surface area contributed by atoms with Crippen molar-refractivity contribution in [3.63, 3.8) is 0 Å². The van der Waals surface area contributed by atoms with Gasteiger partial charge < -0.3 is 9.88 Å². The molecule has 1 aliphatic heterocycles. The van der Waals surface area contributed by atoms with E-state index in [0.717, 1.165) is 47.4 Å². The Kier molecular flexibility index (Phi) is 4.79. The van der Waals surface area contributed by atoms with Crippen LogP contribution in [0.15, 0.2) is 60.7 Å². The van der Waals surface area contributed by atoms with Gasteiger partial charge in [0.15, 0.2) is 0 Å². The topological polar surface area (TPSA) is 82.7 Å². The maximum absolute atomic E-state index is 13.2. The van der Waals surface area contributed by atoms with Gasteiger partial charge in [-0.15, -0.1) is 11.3 Å². The van der Waals surface area contributed by atoms with E-state index in [1.807, 2.05) is 42.5 Å². The average Bonchev–Trinajstić information content (AvgIpc) is 3.56. The molecule has 33 heavy (non-hydrogen) atoms. The maximum Gasteiger partial charge on any atom is 0.268 e. The molecule has 6 rings (SSSR count). The SMILES string of the molecule is N#Cc1ccc(-c2ccc(C(=O)Nc3nc4ccccc4n3C3CC4(CCNC4)C3)s2)cc1. The first-order valence-electron chi connectivity index (χ1n) is 11.2. The fraction of sp³-hybridized carbons (Fsp3) is 0.269. The van der Waals surface area contributed by atoms with Crippen molar-refractivity contribution in [1.82, 2.24) is 14.9 Å². The number of nitrogens with zero attached hydrogens (tertiary/aromatic N) is 3. The number of thiophene rings is 1. The summed E-state index contributed by atoms with van der Waals surface area (Å²) in [5.41, 5.74) is 4.00. The molecule has 2 fully saturated rings. The van der Waals surface area contributed by atoms with Gasteiger partial charge in [-0.05, 0) is 73.2 Å². The molecule has 0 atom stereocenters. The number of carbonyl (C=O) groups is 1. The summed E-state index contributed by atoms with van der Waals surface area (Å²) < 4.78 is 2.23. The molecule has 0 bridgehead atoms. The predicted molar refractivity (Wildman–Crippen MR) is 130 cm³/mol. The summed E-state index contributed by atoms with van der Waals surface area (Å²) in [6, 6.07) is 21.8. The van der Waals surface area contributed by atoms with Gasteiger partial charge in [0, 0.05) is 17.5 Å². The van der Waals surface area contributed by atoms with E-state index in [0.29, 0.717) is 27.8 Å². The largest absolute Gasteiger partial charge is 0.316 e. The molecule has 0 radical (unpaired) electrons. The number of imidazole rings is 1. The molecular formula is C26H23N5OS. The van der Waals surface area contributed by atoms with Gasteiger partial charge in [0.25, 0.3) is 5.91 Å². The minimum absolute atomic E-state index is 0.145. The standard InChI is InChI=1S/C26H23N5OS/c27-15-17-5-7-18(8-6-17)22-9-10-23(33-22)24(32)30-25-29-20-3-1-2-4-21(20)31(25)19-13-26(14-19)11-12-28-16-26/h1-10,19,28H,11-14,16H2,(H,29,30,32). The molecule has 164 valence electrons. The number of hydrogen-bond acceptors (Lipinski definition) is 5. The van der Waals surface area contributed by atoms with Gasteiger partial charge in [-0.3, -0.25) is 10.1 Å². The highest BCUT2D eigenvalue weighted by atomic mass is 32.1. The lowest BCUT2D eigenvalue weighted by molar-refractivity contribution is 0.0874. The Morgan fingerprint density at radius 2 is 1.97 bits per heavy atom. The van der Waals surface area contributed by atoms with Gasteiger partial charge in [0.1, 0.15) is 0 Å². The van der Waals surface area contributed by atoms with E-state index in [1.165, 1.54) is 17.8 Å². The fourth-order valence-electron chi connectivity index (χ4n) is 5.26. The minimum atomic E-state index is -0.145. The third-order valence-corrected chi connectivity index (χ3v) is 8.12. The van der Waals surface area contributed by atoms with Gasteiger partial charge >= 0.3 is 0 Å². The number of fused-ring (bicyclic) bond motifs is 1. The van der Waals surface area contributed by atoms with Crippen molar-refractivity contribution in [1.29, 1.82) is 5.26 Å². The molecule has 2 aliphatic rings. The summed E-state index contributed by atoms with van der Waals surface area (Å²) in [7, 11) is 0. The molecule has 4 aromatic rings. The van der Waals surface area contributed by atoms with Crippen LogP contribution in [0.25, 0.3) is 21.5 Å². The van der Waals surface area contributed by atoms with Crippen LogP contribution in [-0.4, -0.2) is 28.5 Å². The van der Waals surface area contributed by atoms with Crippen molar-refractivity contribution in [2.24, 2.45) is 5.41 Å². The summed E-state index contributed by atoms with van der Waals surface area (Å²) in [5, 5.41) is 15.6. The molecule has 0 unspecified atom stereocenters. The zero-order valence-corrected chi connectivity index (χ0v) is 18.9. The van der Waals surface area contributed by atoms with E-state index in [4.69, 9.17) is 10.2 Å². The van der Waals surface area contributed by atoms with Crippen LogP contribution in [0.4, 0.5) is 5.95 Å². The van der Waals surface area contributed by atoms with Gasteiger partial charge in [-0.2, -0.15) is 5.26 Å². The molecule has 1 amide bonds. The number of anilines is 1. The van der Waals surface area contributed by atoms with Gasteiger partial charge in [-0.1, -0.05) is 24.3 Å². The molecule has 1 spiro atoms. The molecule has 6 nitrogen and oxygen atoms in total. The van der Waals surface area contributed by atoms with Gasteiger partial charge in [0.2, 0.25) is 5.95 Å². The van der Waals surface area contributed by atoms with Gasteiger partial charge in [0.05, 0.1) is 27.5 Å². The number of hydrogen-bond donors (Lipinski definition) is 2. The van der Waals surface area contributed by atoms with E-state index in [2.05, 4.69) is 27.3 Å². The van der Waals surface area contributed by atoms with Crippen LogP contribution in [0.3, 0.4) is 0 Å². The smallest absolute Gasteiger partial charge is 0.268 e. The van der Waals surface area contributed by atoms with Crippen LogP contribution in [0.1, 0.15) is 40.5 Å². The second-order valence-corrected chi connectivity index (χ2v) is 10.2. The summed E-state index contributed by atoms with van der Waals surface area (Å²) in [6.07, 6.45) is 3.46. The first kappa shape index (κ1) is 20.2. The molecule has 7 heteroatoms. The van der Waals surface area contributed by atoms with E-state index < -0.39 is 0 Å². The third kappa shape index (κ3) is 3.52. The van der Waals surface area contributed by atoms with Crippen molar-refractivity contribution in [3.05, 3.63) is 71.1 Å². The van der Waals surface area contributed by atoms with E-state index in [1.54, 1.807) is 12.1 Å². The Labute approximate surface area is 195 Å². The lowest BCUT2D eigenvalue weighted by atomic mass is 9.65. The van der Waals surface area contributed by atoms with E-state index in [-0.39, 0.29) is 5.91 Å². The van der Waals surface area contributed by atoms with Crippen molar-refractivity contribution < 1.29 is 4.79 Å². The molecule has 2 aromatic heterocycles. The summed E-state index contributed by atoms with van der Waals surface area (Å²) >= 11 is 1.44. The first-order valence-corrected chi connectivity index (χ1v) is 12.1. The number of rotatable bonds is 4. The minimum Gasteiger partial charge on any atom is -0.316 e. The number of nitrogens with one attached hydrogen (secondary N) is 2. The van der Waals surface area contributed by atoms with E-state index in [9.17, 15) is 4.79 Å². The Morgan fingerprint density at radius 3 is 2.73 bits per heavy atom. The van der Waals surface area contributed by atoms with Crippen molar-refractivity contribution in [2.75, 3.05) is 18.4 Å². The molecule has 1 saturated heterocycles. The lowest BCUT2D eigenvalue weighted by Gasteiger charge is -2.46. The average molecular weight is 454 g/mol. The van der Waals surface area contributed by atoms with Crippen molar-refractivity contribution in [2.45, 2.75) is 25.3 Å². The second kappa shape index (κ2) is 7.84.